The van der Waals surface area contributed by atoms with Gasteiger partial charge in [0.15, 0.2) is 5.82 Å². The predicted octanol–water partition coefficient (Wildman–Crippen LogP) is 5.33. The minimum atomic E-state index is -0.712. The van der Waals surface area contributed by atoms with Crippen LogP contribution in [0.4, 0.5) is 0 Å². The molecular weight excluding hydrogens is 438 g/mol. The second-order valence-corrected chi connectivity index (χ2v) is 9.04. The lowest BCUT2D eigenvalue weighted by Crippen LogP contribution is -2.49. The van der Waals surface area contributed by atoms with Gasteiger partial charge in [-0.05, 0) is 55.2 Å². The van der Waals surface area contributed by atoms with Gasteiger partial charge in [0, 0.05) is 43.2 Å². The number of nitrogens with zero attached hydrogens (tertiary/aromatic N) is 3. The van der Waals surface area contributed by atoms with Gasteiger partial charge < -0.3 is 9.84 Å². The molecule has 1 saturated heterocycles. The number of ether oxygens (including phenoxy) is 1. The molecule has 1 aliphatic rings. The molecule has 172 valence electrons. The quantitative estimate of drug-likeness (QED) is 0.484. The van der Waals surface area contributed by atoms with Crippen molar-refractivity contribution < 1.29 is 14.6 Å². The van der Waals surface area contributed by atoms with Crippen molar-refractivity contribution >= 4 is 17.6 Å². The lowest BCUT2D eigenvalue weighted by atomic mass is 9.93. The second kappa shape index (κ2) is 9.89. The van der Waals surface area contributed by atoms with Crippen molar-refractivity contribution in [2.24, 2.45) is 5.92 Å². The fraction of sp³-hybridized carbons (Fsp3) is 0.346. The molecule has 0 atom stereocenters. The topological polar surface area (TPSA) is 75.6 Å². The van der Waals surface area contributed by atoms with E-state index in [4.69, 9.17) is 21.4 Å². The Morgan fingerprint density at radius 2 is 1.91 bits per heavy atom. The van der Waals surface area contributed by atoms with Crippen molar-refractivity contribution in [3.05, 3.63) is 64.9 Å². The normalized spacial score (nSPS) is 14.3. The van der Waals surface area contributed by atoms with Gasteiger partial charge in [-0.3, -0.25) is 9.69 Å². The first-order valence-corrected chi connectivity index (χ1v) is 11.6. The maximum Gasteiger partial charge on any atom is 0.309 e. The molecule has 33 heavy (non-hydrogen) atoms. The van der Waals surface area contributed by atoms with Crippen LogP contribution in [0, 0.1) is 5.92 Å². The number of hydrogen-bond acceptors (Lipinski definition) is 5. The van der Waals surface area contributed by atoms with E-state index in [1.807, 2.05) is 50.5 Å². The third-order valence-corrected chi connectivity index (χ3v) is 6.14. The van der Waals surface area contributed by atoms with Gasteiger partial charge in [0.25, 0.3) is 0 Å². The largest absolute Gasteiger partial charge is 0.489 e. The maximum atomic E-state index is 11.1. The number of likely N-dealkylation sites (tertiary alicyclic amines) is 1. The molecule has 1 N–H and O–H groups in total. The summed E-state index contributed by atoms with van der Waals surface area (Å²) in [6, 6.07) is 11.8. The number of rotatable bonds is 8. The van der Waals surface area contributed by atoms with E-state index in [0.29, 0.717) is 29.7 Å². The fourth-order valence-corrected chi connectivity index (χ4v) is 4.40. The van der Waals surface area contributed by atoms with Crippen molar-refractivity contribution in [2.75, 3.05) is 13.1 Å². The molecule has 3 aromatic rings. The summed E-state index contributed by atoms with van der Waals surface area (Å²) in [5, 5.41) is 9.66. The molecule has 0 spiro atoms. The van der Waals surface area contributed by atoms with Crippen molar-refractivity contribution in [1.82, 2.24) is 14.9 Å². The van der Waals surface area contributed by atoms with Gasteiger partial charge in [-0.1, -0.05) is 36.7 Å². The van der Waals surface area contributed by atoms with Crippen LogP contribution in [0.15, 0.2) is 48.8 Å². The Balaban J connectivity index is 1.54. The van der Waals surface area contributed by atoms with Crippen LogP contribution >= 0.6 is 11.6 Å². The molecule has 0 bridgehead atoms. The van der Waals surface area contributed by atoms with Gasteiger partial charge in [-0.15, -0.1) is 0 Å². The Labute approximate surface area is 199 Å². The summed E-state index contributed by atoms with van der Waals surface area (Å²) in [5.74, 6) is 0.287. The molecule has 0 amide bonds. The van der Waals surface area contributed by atoms with Crippen LogP contribution in [0.2, 0.25) is 5.02 Å². The van der Waals surface area contributed by atoms with Crippen LogP contribution in [-0.4, -0.2) is 45.1 Å². The zero-order valence-corrected chi connectivity index (χ0v) is 19.8. The van der Waals surface area contributed by atoms with Gasteiger partial charge >= 0.3 is 5.97 Å². The Morgan fingerprint density at radius 3 is 2.52 bits per heavy atom. The predicted molar refractivity (Wildman–Crippen MR) is 129 cm³/mol. The molecule has 0 saturated carbocycles. The number of aliphatic carboxylic acids is 1. The highest BCUT2D eigenvalue weighted by molar-refractivity contribution is 6.32. The van der Waals surface area contributed by atoms with E-state index in [9.17, 15) is 4.79 Å². The standard InChI is InChI=1S/C26H28ClN3O3/c1-4-21-18(13-30-14-20(15-30)26(31)32)6-5-7-22(21)19-11-28-25(29-12-19)17-8-9-24(23(27)10-17)33-16(2)3/h5-12,16,20H,4,13-15H2,1-3H3,(H,31,32). The van der Waals surface area contributed by atoms with E-state index in [2.05, 4.69) is 33.9 Å². The molecule has 1 fully saturated rings. The van der Waals surface area contributed by atoms with E-state index < -0.39 is 5.97 Å². The van der Waals surface area contributed by atoms with Crippen LogP contribution in [0.1, 0.15) is 31.9 Å². The molecule has 7 heteroatoms. The van der Waals surface area contributed by atoms with Crippen LogP contribution in [-0.2, 0) is 17.8 Å². The molecule has 6 nitrogen and oxygen atoms in total. The zero-order chi connectivity index (χ0) is 23.5. The minimum absolute atomic E-state index is 0.0482. The Hall–Kier alpha value is -2.96. The fourth-order valence-electron chi connectivity index (χ4n) is 4.17. The number of benzene rings is 2. The number of aromatic nitrogens is 2. The molecule has 4 rings (SSSR count). The highest BCUT2D eigenvalue weighted by atomic mass is 35.5. The molecular formula is C26H28ClN3O3. The molecule has 0 aliphatic carbocycles. The molecule has 1 aromatic heterocycles. The van der Waals surface area contributed by atoms with Gasteiger partial charge in [-0.25, -0.2) is 9.97 Å². The SMILES string of the molecule is CCc1c(CN2CC(C(=O)O)C2)cccc1-c1cnc(-c2ccc(OC(C)C)c(Cl)c2)nc1. The maximum absolute atomic E-state index is 11.1. The first-order valence-electron chi connectivity index (χ1n) is 11.2. The van der Waals surface area contributed by atoms with Crippen LogP contribution in [0.5, 0.6) is 5.75 Å². The molecule has 0 unspecified atom stereocenters. The second-order valence-electron chi connectivity index (χ2n) is 8.63. The van der Waals surface area contributed by atoms with Crippen molar-refractivity contribution in [1.29, 1.82) is 0 Å². The molecule has 2 heterocycles. The lowest BCUT2D eigenvalue weighted by molar-refractivity contribution is -0.147. The average molecular weight is 466 g/mol. The highest BCUT2D eigenvalue weighted by Crippen LogP contribution is 2.32. The Morgan fingerprint density at radius 1 is 1.18 bits per heavy atom. The smallest absolute Gasteiger partial charge is 0.309 e. The van der Waals surface area contributed by atoms with Crippen LogP contribution in [0.3, 0.4) is 0 Å². The Kier molecular flexibility index (Phi) is 6.96. The van der Waals surface area contributed by atoms with E-state index in [-0.39, 0.29) is 12.0 Å². The van der Waals surface area contributed by atoms with E-state index in [1.165, 1.54) is 11.1 Å². The summed E-state index contributed by atoms with van der Waals surface area (Å²) >= 11 is 6.37. The van der Waals surface area contributed by atoms with Crippen LogP contribution in [0.25, 0.3) is 22.5 Å². The third-order valence-electron chi connectivity index (χ3n) is 5.84. The summed E-state index contributed by atoms with van der Waals surface area (Å²) in [4.78, 5) is 22.5. The highest BCUT2D eigenvalue weighted by Gasteiger charge is 2.32. The number of hydrogen-bond donors (Lipinski definition) is 1. The van der Waals surface area contributed by atoms with Gasteiger partial charge in [0.1, 0.15) is 5.75 Å². The lowest BCUT2D eigenvalue weighted by Gasteiger charge is -2.37. The summed E-state index contributed by atoms with van der Waals surface area (Å²) in [7, 11) is 0. The summed E-state index contributed by atoms with van der Waals surface area (Å²) in [6.45, 7) is 8.01. The first kappa shape index (κ1) is 23.2. The number of carbonyl (C=O) groups is 1. The van der Waals surface area contributed by atoms with Gasteiger partial charge in [-0.2, -0.15) is 0 Å². The number of carboxylic acid groups (broad SMARTS) is 1. The first-order chi connectivity index (χ1) is 15.9. The van der Waals surface area contributed by atoms with Crippen molar-refractivity contribution in [3.63, 3.8) is 0 Å². The summed E-state index contributed by atoms with van der Waals surface area (Å²) < 4.78 is 5.70. The van der Waals surface area contributed by atoms with E-state index in [0.717, 1.165) is 29.7 Å². The molecule has 2 aromatic carbocycles. The number of halogens is 1. The zero-order valence-electron chi connectivity index (χ0n) is 19.1. The molecule has 0 radical (unpaired) electrons. The van der Waals surface area contributed by atoms with E-state index >= 15 is 0 Å². The monoisotopic (exact) mass is 465 g/mol. The van der Waals surface area contributed by atoms with Gasteiger partial charge in [0.05, 0.1) is 17.0 Å². The Bertz CT molecular complexity index is 1140. The van der Waals surface area contributed by atoms with Crippen LogP contribution < -0.4 is 4.74 Å². The molecule has 1 aliphatic heterocycles. The average Bonchev–Trinajstić information content (AvgIpc) is 2.76. The van der Waals surface area contributed by atoms with Crippen molar-refractivity contribution in [2.45, 2.75) is 39.8 Å². The van der Waals surface area contributed by atoms with E-state index in [1.54, 1.807) is 0 Å². The third kappa shape index (κ3) is 5.18. The summed E-state index contributed by atoms with van der Waals surface area (Å²) in [5.41, 5.74) is 5.35. The number of carboxylic acids is 1. The van der Waals surface area contributed by atoms with Crippen molar-refractivity contribution in [3.8, 4) is 28.3 Å². The van der Waals surface area contributed by atoms with Gasteiger partial charge in [0.2, 0.25) is 0 Å². The minimum Gasteiger partial charge on any atom is -0.489 e. The summed E-state index contributed by atoms with van der Waals surface area (Å²) in [6.07, 6.45) is 4.61.